The Bertz CT molecular complexity index is 620. The van der Waals surface area contributed by atoms with Gasteiger partial charge in [-0.2, -0.15) is 0 Å². The van der Waals surface area contributed by atoms with Gasteiger partial charge in [0.15, 0.2) is 0 Å². The molecule has 21 heavy (non-hydrogen) atoms. The molecule has 0 aliphatic rings. The number of hydrogen-bond donors (Lipinski definition) is 3. The molecule has 0 radical (unpaired) electrons. The molecule has 1 aromatic carbocycles. The fraction of sp³-hybridized carbons (Fsp3) is 0.333. The van der Waals surface area contributed by atoms with Crippen LogP contribution in [0.2, 0.25) is 0 Å². The molecule has 0 aliphatic carbocycles. The van der Waals surface area contributed by atoms with Crippen LogP contribution in [0.3, 0.4) is 0 Å². The van der Waals surface area contributed by atoms with Crippen LogP contribution in [0.1, 0.15) is 18.9 Å². The molecule has 0 aliphatic heterocycles. The number of carbonyl (C=O) groups excluding carboxylic acids is 1. The number of carbonyl (C=O) groups is 1. The number of amides is 2. The van der Waals surface area contributed by atoms with Crippen molar-refractivity contribution in [2.75, 3.05) is 11.9 Å². The van der Waals surface area contributed by atoms with E-state index in [1.54, 1.807) is 25.2 Å². The summed E-state index contributed by atoms with van der Waals surface area (Å²) in [6.45, 7) is 5.35. The number of aliphatic hydroxyl groups is 1. The van der Waals surface area contributed by atoms with Crippen LogP contribution in [0, 0.1) is 6.92 Å². The van der Waals surface area contributed by atoms with Crippen LogP contribution in [-0.4, -0.2) is 28.3 Å². The van der Waals surface area contributed by atoms with Gasteiger partial charge in [0.05, 0.1) is 22.8 Å². The fourth-order valence-electron chi connectivity index (χ4n) is 1.73. The summed E-state index contributed by atoms with van der Waals surface area (Å²) in [5, 5.41) is 17.6. The first-order valence-electron chi connectivity index (χ1n) is 6.62. The first-order valence-corrected chi connectivity index (χ1v) is 7.50. The van der Waals surface area contributed by atoms with Crippen molar-refractivity contribution in [1.82, 2.24) is 10.3 Å². The summed E-state index contributed by atoms with van der Waals surface area (Å²) in [5.74, 6) is 0. The Morgan fingerprint density at radius 1 is 1.33 bits per heavy atom. The van der Waals surface area contributed by atoms with Gasteiger partial charge in [0.25, 0.3) is 0 Å². The second kappa shape index (κ2) is 6.24. The van der Waals surface area contributed by atoms with E-state index in [4.69, 9.17) is 5.11 Å². The maximum absolute atomic E-state index is 11.8. The average Bonchev–Trinajstić information content (AvgIpc) is 2.85. The number of rotatable bonds is 4. The zero-order chi connectivity index (χ0) is 15.5. The average molecular weight is 305 g/mol. The van der Waals surface area contributed by atoms with E-state index in [0.717, 1.165) is 16.3 Å². The van der Waals surface area contributed by atoms with E-state index in [2.05, 4.69) is 15.6 Å². The van der Waals surface area contributed by atoms with Gasteiger partial charge in [0, 0.05) is 16.6 Å². The molecule has 6 heteroatoms. The van der Waals surface area contributed by atoms with Gasteiger partial charge in [-0.1, -0.05) is 12.1 Å². The number of aromatic nitrogens is 1. The third kappa shape index (κ3) is 4.27. The van der Waals surface area contributed by atoms with Crippen LogP contribution < -0.4 is 10.6 Å². The van der Waals surface area contributed by atoms with Crippen molar-refractivity contribution >= 4 is 23.1 Å². The third-order valence-electron chi connectivity index (χ3n) is 2.90. The first-order chi connectivity index (χ1) is 9.89. The molecule has 5 nitrogen and oxygen atoms in total. The number of anilines is 1. The number of urea groups is 1. The van der Waals surface area contributed by atoms with Crippen LogP contribution in [0.25, 0.3) is 11.3 Å². The topological polar surface area (TPSA) is 74.2 Å². The minimum atomic E-state index is -0.651. The highest BCUT2D eigenvalue weighted by molar-refractivity contribution is 7.09. The van der Waals surface area contributed by atoms with E-state index in [0.29, 0.717) is 5.69 Å². The Morgan fingerprint density at radius 3 is 2.52 bits per heavy atom. The molecular formula is C15H19N3O2S. The van der Waals surface area contributed by atoms with Gasteiger partial charge in [0.2, 0.25) is 0 Å². The van der Waals surface area contributed by atoms with Crippen LogP contribution in [0.4, 0.5) is 10.5 Å². The van der Waals surface area contributed by atoms with Crippen molar-refractivity contribution in [2.24, 2.45) is 0 Å². The number of benzene rings is 1. The predicted octanol–water partition coefficient (Wildman–Crippen LogP) is 3.01. The predicted molar refractivity (Wildman–Crippen MR) is 85.6 cm³/mol. The maximum Gasteiger partial charge on any atom is 0.319 e. The Balaban J connectivity index is 2.01. The number of hydrogen-bond acceptors (Lipinski definition) is 4. The van der Waals surface area contributed by atoms with Gasteiger partial charge in [-0.25, -0.2) is 9.78 Å². The van der Waals surface area contributed by atoms with Gasteiger partial charge in [-0.3, -0.25) is 0 Å². The summed E-state index contributed by atoms with van der Waals surface area (Å²) in [7, 11) is 0. The van der Waals surface area contributed by atoms with Gasteiger partial charge < -0.3 is 15.7 Å². The number of thiazole rings is 1. The Morgan fingerprint density at radius 2 is 2.00 bits per heavy atom. The molecule has 1 aromatic heterocycles. The molecule has 1 heterocycles. The van der Waals surface area contributed by atoms with Crippen molar-refractivity contribution in [3.63, 3.8) is 0 Å². The molecule has 112 valence electrons. The molecule has 2 aromatic rings. The molecular weight excluding hydrogens is 286 g/mol. The van der Waals surface area contributed by atoms with Crippen LogP contribution in [0.15, 0.2) is 29.6 Å². The Labute approximate surface area is 128 Å². The lowest BCUT2D eigenvalue weighted by molar-refractivity contribution is 0.187. The molecule has 0 atom stereocenters. The van der Waals surface area contributed by atoms with E-state index >= 15 is 0 Å². The Kier molecular flexibility index (Phi) is 4.59. The quantitative estimate of drug-likeness (QED) is 0.813. The molecule has 0 fully saturated rings. The highest BCUT2D eigenvalue weighted by Gasteiger charge is 2.18. The summed E-state index contributed by atoms with van der Waals surface area (Å²) in [5.41, 5.74) is 2.00. The molecule has 0 bridgehead atoms. The summed E-state index contributed by atoms with van der Waals surface area (Å²) in [6, 6.07) is 7.15. The summed E-state index contributed by atoms with van der Waals surface area (Å²) in [4.78, 5) is 16.2. The van der Waals surface area contributed by atoms with E-state index in [9.17, 15) is 4.79 Å². The standard InChI is InChI=1S/C15H19N3O2S/c1-10-16-13(8-21-10)11-4-6-12(7-5-11)17-14(20)18-15(2,3)9-19/h4-8,19H,9H2,1-3H3,(H2,17,18,20). The van der Waals surface area contributed by atoms with Crippen LogP contribution in [-0.2, 0) is 0 Å². The lowest BCUT2D eigenvalue weighted by atomic mass is 10.1. The van der Waals surface area contributed by atoms with Crippen molar-refractivity contribution < 1.29 is 9.90 Å². The van der Waals surface area contributed by atoms with E-state index in [1.165, 1.54) is 0 Å². The lowest BCUT2D eigenvalue weighted by Gasteiger charge is -2.23. The van der Waals surface area contributed by atoms with Crippen molar-refractivity contribution in [3.8, 4) is 11.3 Å². The van der Waals surface area contributed by atoms with E-state index in [1.807, 2.05) is 36.6 Å². The molecule has 0 saturated heterocycles. The number of aliphatic hydroxyl groups excluding tert-OH is 1. The smallest absolute Gasteiger partial charge is 0.319 e. The summed E-state index contributed by atoms with van der Waals surface area (Å²) >= 11 is 1.61. The maximum atomic E-state index is 11.8. The lowest BCUT2D eigenvalue weighted by Crippen LogP contribution is -2.48. The van der Waals surface area contributed by atoms with Crippen molar-refractivity contribution in [1.29, 1.82) is 0 Å². The number of aryl methyl sites for hydroxylation is 1. The molecule has 2 rings (SSSR count). The summed E-state index contributed by atoms with van der Waals surface area (Å²) < 4.78 is 0. The molecule has 0 unspecified atom stereocenters. The normalized spacial score (nSPS) is 11.2. The highest BCUT2D eigenvalue weighted by Crippen LogP contribution is 2.23. The second-order valence-corrected chi connectivity index (χ2v) is 6.51. The SMILES string of the molecule is Cc1nc(-c2ccc(NC(=O)NC(C)(C)CO)cc2)cs1. The second-order valence-electron chi connectivity index (χ2n) is 5.45. The van der Waals surface area contributed by atoms with E-state index in [-0.39, 0.29) is 12.6 Å². The zero-order valence-corrected chi connectivity index (χ0v) is 13.1. The molecule has 0 spiro atoms. The fourth-order valence-corrected chi connectivity index (χ4v) is 2.35. The molecule has 2 amide bonds. The van der Waals surface area contributed by atoms with Crippen LogP contribution in [0.5, 0.6) is 0 Å². The zero-order valence-electron chi connectivity index (χ0n) is 12.3. The largest absolute Gasteiger partial charge is 0.394 e. The van der Waals surface area contributed by atoms with Gasteiger partial charge in [0.1, 0.15) is 0 Å². The van der Waals surface area contributed by atoms with Crippen molar-refractivity contribution in [2.45, 2.75) is 26.3 Å². The number of nitrogens with one attached hydrogen (secondary N) is 2. The van der Waals surface area contributed by atoms with Gasteiger partial charge >= 0.3 is 6.03 Å². The monoisotopic (exact) mass is 305 g/mol. The minimum Gasteiger partial charge on any atom is -0.394 e. The van der Waals surface area contributed by atoms with E-state index < -0.39 is 5.54 Å². The van der Waals surface area contributed by atoms with Gasteiger partial charge in [-0.05, 0) is 32.9 Å². The third-order valence-corrected chi connectivity index (χ3v) is 3.68. The first kappa shape index (κ1) is 15.5. The van der Waals surface area contributed by atoms with Gasteiger partial charge in [-0.15, -0.1) is 11.3 Å². The highest BCUT2D eigenvalue weighted by atomic mass is 32.1. The minimum absolute atomic E-state index is 0.122. The molecule has 0 saturated carbocycles. The van der Waals surface area contributed by atoms with Crippen molar-refractivity contribution in [3.05, 3.63) is 34.7 Å². The number of nitrogens with zero attached hydrogens (tertiary/aromatic N) is 1. The Hall–Kier alpha value is -1.92. The van der Waals surface area contributed by atoms with Crippen LogP contribution >= 0.6 is 11.3 Å². The summed E-state index contributed by atoms with van der Waals surface area (Å²) in [6.07, 6.45) is 0. The molecule has 3 N–H and O–H groups in total.